The second kappa shape index (κ2) is 4.85. The zero-order valence-electron chi connectivity index (χ0n) is 10.5. The van der Waals surface area contributed by atoms with Crippen LogP contribution in [-0.2, 0) is 17.1 Å². The lowest BCUT2D eigenvalue weighted by Gasteiger charge is -2.06. The van der Waals surface area contributed by atoms with Gasteiger partial charge in [0.05, 0.1) is 11.9 Å². The first-order valence-corrected chi connectivity index (χ1v) is 7.37. The second-order valence-corrected chi connectivity index (χ2v) is 5.88. The van der Waals surface area contributed by atoms with Crippen molar-refractivity contribution in [1.82, 2.24) is 9.78 Å². The molecule has 0 atom stereocenters. The molecule has 1 heterocycles. The van der Waals surface area contributed by atoms with Crippen LogP contribution in [0.5, 0.6) is 0 Å². The molecule has 0 fully saturated rings. The molecule has 1 aromatic heterocycles. The summed E-state index contributed by atoms with van der Waals surface area (Å²) in [4.78, 5) is 11.2. The summed E-state index contributed by atoms with van der Waals surface area (Å²) in [6.45, 7) is 0. The molecule has 0 saturated heterocycles. The third-order valence-corrected chi connectivity index (χ3v) is 3.05. The van der Waals surface area contributed by atoms with Gasteiger partial charge in [-0.1, -0.05) is 12.1 Å². The number of hydrogen-bond acceptors (Lipinski definition) is 4. The number of anilines is 1. The molecule has 0 aliphatic carbocycles. The van der Waals surface area contributed by atoms with Crippen LogP contribution in [0.25, 0.3) is 11.3 Å². The maximum atomic E-state index is 11.2. The fourth-order valence-corrected chi connectivity index (χ4v) is 2.14. The first kappa shape index (κ1) is 13.3. The van der Waals surface area contributed by atoms with E-state index >= 15 is 0 Å². The fraction of sp³-hybridized carbons (Fsp3) is 0.167. The number of hydrogen-bond donors (Lipinski definition) is 1. The van der Waals surface area contributed by atoms with E-state index in [-0.39, 0.29) is 5.56 Å². The van der Waals surface area contributed by atoms with Crippen molar-refractivity contribution >= 4 is 15.7 Å². The average Bonchev–Trinajstić information content (AvgIpc) is 2.32. The molecule has 2 rings (SSSR count). The Labute approximate surface area is 110 Å². The molecule has 0 unspecified atom stereocenters. The molecule has 0 radical (unpaired) electrons. The van der Waals surface area contributed by atoms with Gasteiger partial charge < -0.3 is 0 Å². The van der Waals surface area contributed by atoms with Gasteiger partial charge in [0.1, 0.15) is 0 Å². The molecule has 100 valence electrons. The lowest BCUT2D eigenvalue weighted by molar-refractivity contribution is 0.607. The van der Waals surface area contributed by atoms with E-state index in [2.05, 4.69) is 9.82 Å². The zero-order valence-corrected chi connectivity index (χ0v) is 11.3. The lowest BCUT2D eigenvalue weighted by Crippen LogP contribution is -2.18. The highest BCUT2D eigenvalue weighted by Crippen LogP contribution is 2.18. The van der Waals surface area contributed by atoms with Gasteiger partial charge in [0, 0.05) is 24.4 Å². The minimum absolute atomic E-state index is 0.181. The van der Waals surface area contributed by atoms with Crippen LogP contribution >= 0.6 is 0 Å². The van der Waals surface area contributed by atoms with Crippen LogP contribution in [0.4, 0.5) is 5.69 Å². The number of sulfonamides is 1. The van der Waals surface area contributed by atoms with E-state index in [0.29, 0.717) is 11.4 Å². The van der Waals surface area contributed by atoms with Gasteiger partial charge in [0.15, 0.2) is 0 Å². The van der Waals surface area contributed by atoms with Crippen molar-refractivity contribution in [2.24, 2.45) is 7.05 Å². The van der Waals surface area contributed by atoms with Gasteiger partial charge >= 0.3 is 0 Å². The van der Waals surface area contributed by atoms with E-state index in [1.54, 1.807) is 37.4 Å². The van der Waals surface area contributed by atoms with E-state index < -0.39 is 10.0 Å². The topological polar surface area (TPSA) is 81.1 Å². The van der Waals surface area contributed by atoms with Crippen molar-refractivity contribution in [2.75, 3.05) is 11.0 Å². The van der Waals surface area contributed by atoms with Gasteiger partial charge in [-0.25, -0.2) is 13.1 Å². The van der Waals surface area contributed by atoms with Crippen molar-refractivity contribution in [1.29, 1.82) is 0 Å². The summed E-state index contributed by atoms with van der Waals surface area (Å²) in [5.41, 5.74) is 1.75. The molecule has 7 heteroatoms. The Morgan fingerprint density at radius 3 is 2.26 bits per heavy atom. The van der Waals surface area contributed by atoms with Crippen LogP contribution in [0.2, 0.25) is 0 Å². The summed E-state index contributed by atoms with van der Waals surface area (Å²) in [6.07, 6.45) is 1.09. The third-order valence-electron chi connectivity index (χ3n) is 2.44. The molecule has 0 bridgehead atoms. The summed E-state index contributed by atoms with van der Waals surface area (Å²) in [5.74, 6) is 0. The van der Waals surface area contributed by atoms with Crippen LogP contribution in [0.3, 0.4) is 0 Å². The molecule has 19 heavy (non-hydrogen) atoms. The number of benzene rings is 1. The number of nitrogens with zero attached hydrogens (tertiary/aromatic N) is 2. The molecule has 6 nitrogen and oxygen atoms in total. The van der Waals surface area contributed by atoms with Crippen molar-refractivity contribution in [3.05, 3.63) is 46.8 Å². The first-order chi connectivity index (χ1) is 8.85. The number of rotatable bonds is 3. The maximum absolute atomic E-state index is 11.2. The van der Waals surface area contributed by atoms with Gasteiger partial charge in [-0.3, -0.25) is 9.52 Å². The number of aromatic nitrogens is 2. The van der Waals surface area contributed by atoms with Gasteiger partial charge in [-0.05, 0) is 18.2 Å². The average molecular weight is 279 g/mol. The normalized spacial score (nSPS) is 11.3. The van der Waals surface area contributed by atoms with E-state index in [1.165, 1.54) is 10.7 Å². The SMILES string of the molecule is Cn1nc(-c2ccc(NS(C)(=O)=O)cc2)ccc1=O. The first-order valence-electron chi connectivity index (χ1n) is 5.48. The van der Waals surface area contributed by atoms with Crippen LogP contribution < -0.4 is 10.3 Å². The van der Waals surface area contributed by atoms with Crippen molar-refractivity contribution in [3.63, 3.8) is 0 Å². The van der Waals surface area contributed by atoms with Crippen LogP contribution in [0, 0.1) is 0 Å². The van der Waals surface area contributed by atoms with Gasteiger partial charge in [-0.2, -0.15) is 5.10 Å². The summed E-state index contributed by atoms with van der Waals surface area (Å²) < 4.78 is 25.8. The van der Waals surface area contributed by atoms with E-state index in [0.717, 1.165) is 11.8 Å². The monoisotopic (exact) mass is 279 g/mol. The Morgan fingerprint density at radius 2 is 1.74 bits per heavy atom. The quantitative estimate of drug-likeness (QED) is 0.902. The van der Waals surface area contributed by atoms with Crippen molar-refractivity contribution in [2.45, 2.75) is 0 Å². The largest absolute Gasteiger partial charge is 0.284 e. The Kier molecular flexibility index (Phi) is 3.39. The van der Waals surface area contributed by atoms with Crippen molar-refractivity contribution < 1.29 is 8.42 Å². The molecule has 1 N–H and O–H groups in total. The molecule has 0 aliphatic rings. The maximum Gasteiger partial charge on any atom is 0.266 e. The lowest BCUT2D eigenvalue weighted by atomic mass is 10.1. The minimum Gasteiger partial charge on any atom is -0.284 e. The summed E-state index contributed by atoms with van der Waals surface area (Å²) in [5, 5.41) is 4.11. The smallest absolute Gasteiger partial charge is 0.266 e. The molecule has 0 saturated carbocycles. The van der Waals surface area contributed by atoms with E-state index in [4.69, 9.17) is 0 Å². The number of aryl methyl sites for hydroxylation is 1. The Balaban J connectivity index is 2.32. The molecule has 0 aliphatic heterocycles. The van der Waals surface area contributed by atoms with Crippen molar-refractivity contribution in [3.8, 4) is 11.3 Å². The molecule has 0 spiro atoms. The second-order valence-electron chi connectivity index (χ2n) is 4.13. The molecular weight excluding hydrogens is 266 g/mol. The van der Waals surface area contributed by atoms with Gasteiger partial charge in [-0.15, -0.1) is 0 Å². The highest BCUT2D eigenvalue weighted by atomic mass is 32.2. The van der Waals surface area contributed by atoms with Crippen LogP contribution in [0.1, 0.15) is 0 Å². The Bertz CT molecular complexity index is 749. The van der Waals surface area contributed by atoms with E-state index in [1.807, 2.05) is 0 Å². The predicted octanol–water partition coefficient (Wildman–Crippen LogP) is 0.819. The standard InChI is InChI=1S/C12H13N3O3S/c1-15-12(16)8-7-11(13-15)9-3-5-10(6-4-9)14-19(2,17)18/h3-8,14H,1-2H3. The van der Waals surface area contributed by atoms with Crippen LogP contribution in [0.15, 0.2) is 41.2 Å². The number of nitrogens with one attached hydrogen (secondary N) is 1. The highest BCUT2D eigenvalue weighted by molar-refractivity contribution is 7.92. The predicted molar refractivity (Wildman–Crippen MR) is 73.4 cm³/mol. The Hall–Kier alpha value is -2.15. The fourth-order valence-electron chi connectivity index (χ4n) is 1.58. The molecule has 1 aromatic carbocycles. The molecule has 2 aromatic rings. The van der Waals surface area contributed by atoms with Crippen LogP contribution in [-0.4, -0.2) is 24.5 Å². The zero-order chi connectivity index (χ0) is 14.0. The summed E-state index contributed by atoms with van der Waals surface area (Å²) >= 11 is 0. The highest BCUT2D eigenvalue weighted by Gasteiger charge is 2.04. The third kappa shape index (κ3) is 3.41. The molecule has 0 amide bonds. The minimum atomic E-state index is -3.28. The summed E-state index contributed by atoms with van der Waals surface area (Å²) in [7, 11) is -1.70. The van der Waals surface area contributed by atoms with Gasteiger partial charge in [0.25, 0.3) is 5.56 Å². The Morgan fingerprint density at radius 1 is 1.11 bits per heavy atom. The van der Waals surface area contributed by atoms with E-state index in [9.17, 15) is 13.2 Å². The summed E-state index contributed by atoms with van der Waals surface area (Å²) in [6, 6.07) is 9.82. The molecular formula is C12H13N3O3S. The van der Waals surface area contributed by atoms with Gasteiger partial charge in [0.2, 0.25) is 10.0 Å².